The fraction of sp³-hybridized carbons (Fsp3) is 0.167. The third kappa shape index (κ3) is 6.31. The highest BCUT2D eigenvalue weighted by Gasteiger charge is 2.25. The normalized spacial score (nSPS) is 14.3. The maximum Gasteiger partial charge on any atom is 0.248 e. The molecule has 1 aliphatic heterocycles. The predicted molar refractivity (Wildman–Crippen MR) is 125 cm³/mol. The predicted octanol–water partition coefficient (Wildman–Crippen LogP) is 4.89. The van der Waals surface area contributed by atoms with E-state index in [2.05, 4.69) is 21.2 Å². The zero-order valence-electron chi connectivity index (χ0n) is 17.0. The number of ether oxygens (including phenoxy) is 1. The first kappa shape index (κ1) is 23.8. The van der Waals surface area contributed by atoms with E-state index >= 15 is 0 Å². The van der Waals surface area contributed by atoms with E-state index in [1.54, 1.807) is 0 Å². The van der Waals surface area contributed by atoms with Gasteiger partial charge in [0.25, 0.3) is 0 Å². The average Bonchev–Trinajstić information content (AvgIpc) is 2.80. The van der Waals surface area contributed by atoms with Gasteiger partial charge in [-0.05, 0) is 47.9 Å². The fourth-order valence-corrected chi connectivity index (χ4v) is 3.66. The van der Waals surface area contributed by atoms with Gasteiger partial charge < -0.3 is 15.8 Å². The van der Waals surface area contributed by atoms with Crippen molar-refractivity contribution in [3.63, 3.8) is 0 Å². The molecule has 5 nitrogen and oxygen atoms in total. The zero-order chi connectivity index (χ0) is 23.1. The van der Waals surface area contributed by atoms with Gasteiger partial charge in [-0.1, -0.05) is 63.9 Å². The number of nitrogens with two attached hydrogens (primary N) is 1. The number of amides is 2. The molecule has 0 aliphatic carbocycles. The zero-order valence-corrected chi connectivity index (χ0v) is 19.3. The highest BCUT2D eigenvalue weighted by atomic mass is 79.9. The smallest absolute Gasteiger partial charge is 0.248 e. The lowest BCUT2D eigenvalue weighted by Crippen LogP contribution is -2.37. The lowest BCUT2D eigenvalue weighted by molar-refractivity contribution is -0.126. The summed E-state index contributed by atoms with van der Waals surface area (Å²) in [5, 5.41) is 2.97. The molecule has 1 unspecified atom stereocenters. The monoisotopic (exact) mass is 518 g/mol. The molecule has 0 saturated carbocycles. The van der Waals surface area contributed by atoms with Gasteiger partial charge in [-0.15, -0.1) is 0 Å². The Hall–Kier alpha value is -2.90. The average molecular weight is 520 g/mol. The number of nitrogens with one attached hydrogen (secondary N) is 1. The van der Waals surface area contributed by atoms with Crippen molar-refractivity contribution in [2.24, 2.45) is 11.7 Å². The second kappa shape index (κ2) is 11.1. The summed E-state index contributed by atoms with van der Waals surface area (Å²) in [4.78, 5) is 22.8. The largest absolute Gasteiger partial charge is 0.492 e. The Balaban J connectivity index is 0.000000222. The van der Waals surface area contributed by atoms with E-state index in [-0.39, 0.29) is 22.4 Å². The Morgan fingerprint density at radius 2 is 1.84 bits per heavy atom. The van der Waals surface area contributed by atoms with Gasteiger partial charge >= 0.3 is 0 Å². The maximum absolute atomic E-state index is 12.6. The van der Waals surface area contributed by atoms with Gasteiger partial charge in [-0.3, -0.25) is 9.59 Å². The Morgan fingerprint density at radius 1 is 1.12 bits per heavy atom. The first-order valence-corrected chi connectivity index (χ1v) is 11.0. The van der Waals surface area contributed by atoms with Gasteiger partial charge in [0.05, 0.1) is 10.9 Å². The summed E-state index contributed by atoms with van der Waals surface area (Å²) in [5.74, 6) is -0.487. The third-order valence-corrected chi connectivity index (χ3v) is 5.94. The van der Waals surface area contributed by atoms with Crippen LogP contribution >= 0.6 is 27.5 Å². The Morgan fingerprint density at radius 3 is 2.56 bits per heavy atom. The minimum atomic E-state index is -0.666. The molecule has 2 amide bonds. The quantitative estimate of drug-likeness (QED) is 0.515. The van der Waals surface area contributed by atoms with Gasteiger partial charge in [0.1, 0.15) is 18.2 Å². The number of hydrogen-bond acceptors (Lipinski definition) is 3. The topological polar surface area (TPSA) is 81.4 Å². The van der Waals surface area contributed by atoms with Crippen molar-refractivity contribution < 1.29 is 18.7 Å². The van der Waals surface area contributed by atoms with Crippen molar-refractivity contribution in [3.8, 4) is 5.75 Å². The molecule has 3 aromatic carbocycles. The molecule has 1 atom stereocenters. The summed E-state index contributed by atoms with van der Waals surface area (Å²) in [6, 6.07) is 19.4. The molecule has 0 bridgehead atoms. The Bertz CT molecular complexity index is 1130. The second-order valence-corrected chi connectivity index (χ2v) is 8.38. The van der Waals surface area contributed by atoms with Crippen molar-refractivity contribution in [1.29, 1.82) is 0 Å². The Kier molecular flexibility index (Phi) is 8.25. The number of benzene rings is 3. The molecule has 1 aliphatic rings. The number of rotatable bonds is 4. The summed E-state index contributed by atoms with van der Waals surface area (Å²) in [6.07, 6.45) is 0.734. The van der Waals surface area contributed by atoms with Crippen molar-refractivity contribution >= 4 is 39.3 Å². The molecule has 0 aromatic heterocycles. The van der Waals surface area contributed by atoms with Crippen molar-refractivity contribution in [2.75, 3.05) is 6.61 Å². The van der Waals surface area contributed by atoms with E-state index in [1.807, 2.05) is 48.5 Å². The molecular weight excluding hydrogens is 499 g/mol. The minimum Gasteiger partial charge on any atom is -0.492 e. The molecule has 0 saturated heterocycles. The number of carbonyl (C=O) groups is 2. The van der Waals surface area contributed by atoms with E-state index in [0.717, 1.165) is 33.8 Å². The third-order valence-electron chi connectivity index (χ3n) is 4.86. The maximum atomic E-state index is 12.6. The standard InChI is InChI=1S/C17H16BrNO2.C7H5ClFNO/c18-15-7-3-1-6-13(15)10-19-17(20)14-9-12-5-2-4-8-16(12)21-11-14;8-5-2-1-4(7(10)11)3-6(5)9/h1-8,14H,9-11H2,(H,19,20);1-3H,(H2,10,11). The number of para-hydroxylation sites is 1. The van der Waals surface area contributed by atoms with Crippen LogP contribution in [-0.4, -0.2) is 18.4 Å². The number of fused-ring (bicyclic) bond motifs is 1. The van der Waals surface area contributed by atoms with Gasteiger partial charge in [0.2, 0.25) is 11.8 Å². The highest BCUT2D eigenvalue weighted by molar-refractivity contribution is 9.10. The summed E-state index contributed by atoms with van der Waals surface area (Å²) in [7, 11) is 0. The van der Waals surface area contributed by atoms with Gasteiger partial charge in [-0.25, -0.2) is 4.39 Å². The lowest BCUT2D eigenvalue weighted by atomic mass is 9.96. The van der Waals surface area contributed by atoms with Crippen LogP contribution in [-0.2, 0) is 17.8 Å². The first-order valence-electron chi connectivity index (χ1n) is 9.82. The van der Waals surface area contributed by atoms with Crippen molar-refractivity contribution in [3.05, 3.63) is 98.7 Å². The second-order valence-electron chi connectivity index (χ2n) is 7.12. The van der Waals surface area contributed by atoms with Crippen LogP contribution in [0.15, 0.2) is 71.2 Å². The van der Waals surface area contributed by atoms with Crippen LogP contribution in [0, 0.1) is 11.7 Å². The van der Waals surface area contributed by atoms with Gasteiger partial charge in [0.15, 0.2) is 0 Å². The highest BCUT2D eigenvalue weighted by Crippen LogP contribution is 2.27. The summed E-state index contributed by atoms with van der Waals surface area (Å²) < 4.78 is 19.3. The summed E-state index contributed by atoms with van der Waals surface area (Å²) >= 11 is 8.85. The van der Waals surface area contributed by atoms with Crippen molar-refractivity contribution in [2.45, 2.75) is 13.0 Å². The summed E-state index contributed by atoms with van der Waals surface area (Å²) in [6.45, 7) is 0.969. The number of carbonyl (C=O) groups excluding carboxylic acids is 2. The van der Waals surface area contributed by atoms with E-state index in [4.69, 9.17) is 22.1 Å². The molecule has 0 fully saturated rings. The fourth-order valence-electron chi connectivity index (χ4n) is 3.11. The molecule has 166 valence electrons. The van der Waals surface area contributed by atoms with Crippen LogP contribution in [0.5, 0.6) is 5.75 Å². The van der Waals surface area contributed by atoms with Crippen molar-refractivity contribution in [1.82, 2.24) is 5.32 Å². The van der Waals surface area contributed by atoms with Gasteiger partial charge in [0, 0.05) is 16.6 Å². The minimum absolute atomic E-state index is 0.0185. The molecule has 3 N–H and O–H groups in total. The van der Waals surface area contributed by atoms with Gasteiger partial charge in [-0.2, -0.15) is 0 Å². The van der Waals surface area contributed by atoms with Crippen LogP contribution in [0.1, 0.15) is 21.5 Å². The lowest BCUT2D eigenvalue weighted by Gasteiger charge is -2.24. The first-order chi connectivity index (χ1) is 15.3. The number of primary amides is 1. The molecule has 0 spiro atoms. The van der Waals surface area contributed by atoms with E-state index in [1.165, 1.54) is 12.1 Å². The molecule has 32 heavy (non-hydrogen) atoms. The summed E-state index contributed by atoms with van der Waals surface area (Å²) in [5.41, 5.74) is 7.18. The van der Waals surface area contributed by atoms with Crippen LogP contribution < -0.4 is 15.8 Å². The molecule has 8 heteroatoms. The molecular formula is C24H21BrClFN2O3. The molecule has 3 aromatic rings. The Labute approximate surface area is 198 Å². The molecule has 0 radical (unpaired) electrons. The number of halogens is 3. The van der Waals surface area contributed by atoms with Crippen LogP contribution in [0.25, 0.3) is 0 Å². The van der Waals surface area contributed by atoms with Crippen LogP contribution in [0.4, 0.5) is 4.39 Å². The number of hydrogen-bond donors (Lipinski definition) is 2. The molecule has 1 heterocycles. The van der Waals surface area contributed by atoms with Crippen LogP contribution in [0.3, 0.4) is 0 Å². The van der Waals surface area contributed by atoms with Crippen LogP contribution in [0.2, 0.25) is 5.02 Å². The van der Waals surface area contributed by atoms with E-state index in [0.29, 0.717) is 13.2 Å². The SMILES string of the molecule is NC(=O)c1ccc(Cl)c(F)c1.O=C(NCc1ccccc1Br)C1COc2ccccc2C1. The molecule has 4 rings (SSSR count). The van der Waals surface area contributed by atoms with E-state index < -0.39 is 11.7 Å². The van der Waals surface area contributed by atoms with E-state index in [9.17, 15) is 14.0 Å².